The van der Waals surface area contributed by atoms with E-state index in [9.17, 15) is 0 Å². The normalized spacial score (nSPS) is 11.9. The summed E-state index contributed by atoms with van der Waals surface area (Å²) in [7, 11) is 0. The number of hydrogen-bond donors (Lipinski definition) is 0. The maximum Gasteiger partial charge on any atom is 0.0298 e. The lowest BCUT2D eigenvalue weighted by molar-refractivity contribution is 0.469. The Bertz CT molecular complexity index is 452. The van der Waals surface area contributed by atoms with Crippen LogP contribution in [-0.4, -0.2) is 0 Å². The molecule has 0 saturated carbocycles. The zero-order chi connectivity index (χ0) is 13.8. The molecule has 0 aromatic heterocycles. The van der Waals surface area contributed by atoms with Crippen molar-refractivity contribution in [2.24, 2.45) is 5.41 Å². The lowest BCUT2D eigenvalue weighted by atomic mass is 9.76. The summed E-state index contributed by atoms with van der Waals surface area (Å²) in [4.78, 5) is 0. The van der Waals surface area contributed by atoms with E-state index < -0.39 is 0 Å². The Hall–Kier alpha value is -1.22. The van der Waals surface area contributed by atoms with E-state index in [0.717, 1.165) is 12.8 Å². The summed E-state index contributed by atoms with van der Waals surface area (Å²) < 4.78 is 0. The van der Waals surface area contributed by atoms with Crippen LogP contribution in [0.15, 0.2) is 24.3 Å². The van der Waals surface area contributed by atoms with Crippen molar-refractivity contribution in [3.63, 3.8) is 0 Å². The van der Waals surface area contributed by atoms with Gasteiger partial charge in [0, 0.05) is 5.41 Å². The van der Waals surface area contributed by atoms with Crippen LogP contribution in [0, 0.1) is 17.3 Å². The van der Waals surface area contributed by atoms with E-state index in [1.54, 1.807) is 0 Å². The third-order valence-electron chi connectivity index (χ3n) is 3.73. The van der Waals surface area contributed by atoms with Gasteiger partial charge in [-0.15, -0.1) is 5.92 Å². The molecular weight excluding hydrogens is 216 g/mol. The summed E-state index contributed by atoms with van der Waals surface area (Å²) in [6.07, 6.45) is 2.18. The summed E-state index contributed by atoms with van der Waals surface area (Å²) in [6.45, 7) is 13.3. The third-order valence-corrected chi connectivity index (χ3v) is 3.73. The van der Waals surface area contributed by atoms with Crippen molar-refractivity contribution < 1.29 is 0 Å². The molecule has 18 heavy (non-hydrogen) atoms. The van der Waals surface area contributed by atoms with Crippen molar-refractivity contribution in [2.75, 3.05) is 0 Å². The quantitative estimate of drug-likeness (QED) is 0.654. The molecule has 0 atom stereocenters. The molecule has 0 unspecified atom stereocenters. The van der Waals surface area contributed by atoms with Crippen LogP contribution in [-0.2, 0) is 11.8 Å². The fourth-order valence-electron chi connectivity index (χ4n) is 2.38. The Balaban J connectivity index is 3.14. The first-order valence-electron chi connectivity index (χ1n) is 6.85. The van der Waals surface area contributed by atoms with Gasteiger partial charge in [-0.3, -0.25) is 0 Å². The highest BCUT2D eigenvalue weighted by molar-refractivity contribution is 5.35. The first-order valence-corrected chi connectivity index (χ1v) is 6.85. The molecule has 0 N–H and O–H groups in total. The molecule has 0 spiro atoms. The highest BCUT2D eigenvalue weighted by Crippen LogP contribution is 2.32. The summed E-state index contributed by atoms with van der Waals surface area (Å²) in [6, 6.07) is 8.81. The minimum absolute atomic E-state index is 0.0503. The van der Waals surface area contributed by atoms with Crippen LogP contribution in [0.5, 0.6) is 0 Å². The highest BCUT2D eigenvalue weighted by Gasteiger charge is 2.24. The molecule has 1 rings (SSSR count). The largest absolute Gasteiger partial charge is 0.106 e. The Morgan fingerprint density at radius 3 is 2.22 bits per heavy atom. The van der Waals surface area contributed by atoms with Crippen LogP contribution >= 0.6 is 0 Å². The maximum absolute atomic E-state index is 3.32. The van der Waals surface area contributed by atoms with Gasteiger partial charge in [0.1, 0.15) is 0 Å². The maximum atomic E-state index is 3.32. The van der Waals surface area contributed by atoms with E-state index in [2.05, 4.69) is 70.7 Å². The Labute approximate surface area is 113 Å². The van der Waals surface area contributed by atoms with E-state index >= 15 is 0 Å². The van der Waals surface area contributed by atoms with E-state index in [0.29, 0.717) is 0 Å². The minimum Gasteiger partial charge on any atom is -0.106 e. The lowest BCUT2D eigenvalue weighted by Gasteiger charge is -2.29. The number of rotatable bonds is 4. The zero-order valence-corrected chi connectivity index (χ0v) is 12.7. The standard InChI is InChI=1S/C18H26/c1-7-13-17(3,4)14-15-11-9-10-12-16(15)18(5,6)8-2/h9-12H,8,14H2,1-6H3. The molecule has 0 aliphatic heterocycles. The zero-order valence-electron chi connectivity index (χ0n) is 12.7. The predicted octanol–water partition coefficient (Wildman–Crippen LogP) is 4.97. The molecular formula is C18H26. The van der Waals surface area contributed by atoms with Crippen molar-refractivity contribution >= 4 is 0 Å². The second kappa shape index (κ2) is 5.61. The molecule has 0 nitrogen and oxygen atoms in total. The molecule has 0 saturated heterocycles. The van der Waals surface area contributed by atoms with Crippen LogP contribution < -0.4 is 0 Å². The molecule has 1 aromatic rings. The smallest absolute Gasteiger partial charge is 0.0298 e. The van der Waals surface area contributed by atoms with E-state index in [-0.39, 0.29) is 10.8 Å². The fraction of sp³-hybridized carbons (Fsp3) is 0.556. The average Bonchev–Trinajstić information content (AvgIpc) is 2.28. The SMILES string of the molecule is CC#CC(C)(C)Cc1ccccc1C(C)(C)CC. The second-order valence-electron chi connectivity index (χ2n) is 6.33. The van der Waals surface area contributed by atoms with Crippen molar-refractivity contribution in [1.29, 1.82) is 0 Å². The molecule has 0 aliphatic carbocycles. The molecule has 98 valence electrons. The second-order valence-corrected chi connectivity index (χ2v) is 6.33. The fourth-order valence-corrected chi connectivity index (χ4v) is 2.38. The predicted molar refractivity (Wildman–Crippen MR) is 80.7 cm³/mol. The van der Waals surface area contributed by atoms with Crippen molar-refractivity contribution in [1.82, 2.24) is 0 Å². The number of hydrogen-bond acceptors (Lipinski definition) is 0. The summed E-state index contributed by atoms with van der Waals surface area (Å²) in [5.41, 5.74) is 3.21. The first kappa shape index (κ1) is 14.8. The highest BCUT2D eigenvalue weighted by atomic mass is 14.3. The van der Waals surface area contributed by atoms with Gasteiger partial charge in [-0.1, -0.05) is 51.0 Å². The van der Waals surface area contributed by atoms with E-state index in [4.69, 9.17) is 0 Å². The first-order chi connectivity index (χ1) is 8.32. The monoisotopic (exact) mass is 242 g/mol. The summed E-state index contributed by atoms with van der Waals surface area (Å²) >= 11 is 0. The third kappa shape index (κ3) is 3.64. The van der Waals surface area contributed by atoms with E-state index in [1.807, 2.05) is 6.92 Å². The lowest BCUT2D eigenvalue weighted by Crippen LogP contribution is -2.21. The summed E-state index contributed by atoms with van der Waals surface area (Å²) in [5.74, 6) is 6.37. The average molecular weight is 242 g/mol. The van der Waals surface area contributed by atoms with E-state index in [1.165, 1.54) is 11.1 Å². The van der Waals surface area contributed by atoms with Gasteiger partial charge >= 0.3 is 0 Å². The van der Waals surface area contributed by atoms with Gasteiger partial charge in [-0.25, -0.2) is 0 Å². The Kier molecular flexibility index (Phi) is 4.63. The van der Waals surface area contributed by atoms with Gasteiger partial charge in [-0.05, 0) is 50.2 Å². The molecule has 0 heteroatoms. The van der Waals surface area contributed by atoms with Gasteiger partial charge in [0.2, 0.25) is 0 Å². The molecule has 0 aliphatic rings. The van der Waals surface area contributed by atoms with Crippen LogP contribution in [0.25, 0.3) is 0 Å². The molecule has 0 bridgehead atoms. The van der Waals surface area contributed by atoms with Crippen LogP contribution in [0.1, 0.15) is 59.1 Å². The molecule has 0 fully saturated rings. The van der Waals surface area contributed by atoms with Gasteiger partial charge in [-0.2, -0.15) is 0 Å². The topological polar surface area (TPSA) is 0 Å². The van der Waals surface area contributed by atoms with Gasteiger partial charge in [0.15, 0.2) is 0 Å². The van der Waals surface area contributed by atoms with Gasteiger partial charge < -0.3 is 0 Å². The van der Waals surface area contributed by atoms with Crippen molar-refractivity contribution in [3.8, 4) is 11.8 Å². The minimum atomic E-state index is 0.0503. The van der Waals surface area contributed by atoms with Gasteiger partial charge in [0.05, 0.1) is 0 Å². The van der Waals surface area contributed by atoms with Crippen LogP contribution in [0.2, 0.25) is 0 Å². The Morgan fingerprint density at radius 1 is 1.06 bits per heavy atom. The van der Waals surface area contributed by atoms with Crippen LogP contribution in [0.4, 0.5) is 0 Å². The van der Waals surface area contributed by atoms with Gasteiger partial charge in [0.25, 0.3) is 0 Å². The Morgan fingerprint density at radius 2 is 1.67 bits per heavy atom. The molecule has 1 aromatic carbocycles. The molecule has 0 heterocycles. The molecule has 0 amide bonds. The van der Waals surface area contributed by atoms with Crippen molar-refractivity contribution in [3.05, 3.63) is 35.4 Å². The number of benzene rings is 1. The summed E-state index contributed by atoms with van der Waals surface area (Å²) in [5, 5.41) is 0. The molecule has 0 radical (unpaired) electrons. The van der Waals surface area contributed by atoms with Crippen molar-refractivity contribution in [2.45, 2.75) is 59.8 Å². The van der Waals surface area contributed by atoms with Crippen LogP contribution in [0.3, 0.4) is 0 Å².